The smallest absolute Gasteiger partial charge is 0.328 e. The number of nitrogens with one attached hydrogen (secondary N) is 1. The SMILES string of the molecule is [C-]#[N+]c1cc(F)ccc1/C(=C(\c1ccc(/C=C/C(=O)O)cc1)c1ccc2n[nH]c(F)c2c1)C1CC1. The van der Waals surface area contributed by atoms with Crippen molar-refractivity contribution < 1.29 is 18.7 Å². The molecule has 0 amide bonds. The van der Waals surface area contributed by atoms with E-state index in [-0.39, 0.29) is 11.6 Å². The van der Waals surface area contributed by atoms with E-state index in [9.17, 15) is 13.6 Å². The van der Waals surface area contributed by atoms with Crippen LogP contribution in [-0.4, -0.2) is 21.3 Å². The van der Waals surface area contributed by atoms with Gasteiger partial charge in [0.05, 0.1) is 17.5 Å². The van der Waals surface area contributed by atoms with Crippen LogP contribution in [0.3, 0.4) is 0 Å². The molecule has 1 aliphatic rings. The molecule has 0 radical (unpaired) electrons. The van der Waals surface area contributed by atoms with Crippen molar-refractivity contribution in [1.29, 1.82) is 0 Å². The highest BCUT2D eigenvalue weighted by Crippen LogP contribution is 2.50. The molecule has 35 heavy (non-hydrogen) atoms. The van der Waals surface area contributed by atoms with Gasteiger partial charge >= 0.3 is 5.97 Å². The Morgan fingerprint density at radius 3 is 2.49 bits per heavy atom. The average molecular weight is 467 g/mol. The topological polar surface area (TPSA) is 70.3 Å². The van der Waals surface area contributed by atoms with Gasteiger partial charge in [0, 0.05) is 6.08 Å². The first-order chi connectivity index (χ1) is 16.9. The standard InChI is InChI=1S/C28H19F2N3O2/c1-31-24-15-20(29)10-11-21(24)27(18-7-8-18)26(17-5-2-16(3-6-17)4-13-25(34)35)19-9-12-23-22(14-19)28(30)33-32-23/h2-6,9-15,18H,7-8H2,(H,32,33)(H,34,35)/b13-4+,27-26+. The number of aromatic amines is 1. The number of aromatic nitrogens is 2. The van der Waals surface area contributed by atoms with E-state index >= 15 is 0 Å². The van der Waals surface area contributed by atoms with E-state index in [0.29, 0.717) is 22.0 Å². The molecule has 4 aromatic rings. The van der Waals surface area contributed by atoms with Crippen LogP contribution >= 0.6 is 0 Å². The van der Waals surface area contributed by atoms with Crippen molar-refractivity contribution in [2.75, 3.05) is 0 Å². The maximum atomic E-state index is 14.4. The Kier molecular flexibility index (Phi) is 5.71. The highest BCUT2D eigenvalue weighted by Gasteiger charge is 2.32. The summed E-state index contributed by atoms with van der Waals surface area (Å²) in [4.78, 5) is 14.5. The molecule has 3 aromatic carbocycles. The van der Waals surface area contributed by atoms with Gasteiger partial charge < -0.3 is 5.11 Å². The molecule has 1 aromatic heterocycles. The summed E-state index contributed by atoms with van der Waals surface area (Å²) < 4.78 is 28.3. The first kappa shape index (κ1) is 22.2. The number of carbonyl (C=O) groups is 1. The second-order valence-electron chi connectivity index (χ2n) is 8.40. The third-order valence-corrected chi connectivity index (χ3v) is 6.04. The zero-order valence-electron chi connectivity index (χ0n) is 18.4. The molecule has 0 aliphatic heterocycles. The number of rotatable bonds is 6. The number of hydrogen-bond acceptors (Lipinski definition) is 2. The molecule has 0 unspecified atom stereocenters. The fourth-order valence-electron chi connectivity index (χ4n) is 4.30. The molecule has 0 spiro atoms. The van der Waals surface area contributed by atoms with Crippen molar-refractivity contribution in [2.45, 2.75) is 12.8 Å². The number of nitrogens with zero attached hydrogens (tertiary/aromatic N) is 2. The first-order valence-electron chi connectivity index (χ1n) is 11.0. The van der Waals surface area contributed by atoms with E-state index in [1.54, 1.807) is 30.3 Å². The van der Waals surface area contributed by atoms with Crippen molar-refractivity contribution in [2.24, 2.45) is 5.92 Å². The van der Waals surface area contributed by atoms with Gasteiger partial charge in [-0.3, -0.25) is 5.10 Å². The molecule has 5 rings (SSSR count). The van der Waals surface area contributed by atoms with Crippen LogP contribution in [0.15, 0.2) is 66.7 Å². The Balaban J connectivity index is 1.77. The number of fused-ring (bicyclic) bond motifs is 1. The second-order valence-corrected chi connectivity index (χ2v) is 8.40. The van der Waals surface area contributed by atoms with Gasteiger partial charge in [0.1, 0.15) is 5.82 Å². The van der Waals surface area contributed by atoms with Crippen LogP contribution in [0.4, 0.5) is 14.5 Å². The first-order valence-corrected chi connectivity index (χ1v) is 11.0. The average Bonchev–Trinajstić information content (AvgIpc) is 3.64. The van der Waals surface area contributed by atoms with Crippen LogP contribution in [0.25, 0.3) is 33.0 Å². The minimum absolute atomic E-state index is 0.174. The lowest BCUT2D eigenvalue weighted by molar-refractivity contribution is -0.131. The number of carboxylic acids is 1. The van der Waals surface area contributed by atoms with E-state index < -0.39 is 17.7 Å². The third-order valence-electron chi connectivity index (χ3n) is 6.04. The molecule has 172 valence electrons. The summed E-state index contributed by atoms with van der Waals surface area (Å²) in [5, 5.41) is 15.6. The Bertz CT molecular complexity index is 1560. The molecule has 0 atom stereocenters. The molecule has 1 fully saturated rings. The number of aliphatic carboxylic acids is 1. The van der Waals surface area contributed by atoms with Crippen LogP contribution in [0.1, 0.15) is 35.1 Å². The van der Waals surface area contributed by atoms with Crippen LogP contribution in [0.5, 0.6) is 0 Å². The molecular formula is C28H19F2N3O2. The maximum Gasteiger partial charge on any atom is 0.328 e. The summed E-state index contributed by atoms with van der Waals surface area (Å²) in [6.45, 7) is 7.63. The largest absolute Gasteiger partial charge is 0.478 e. The summed E-state index contributed by atoms with van der Waals surface area (Å²) in [7, 11) is 0. The third kappa shape index (κ3) is 4.46. The molecule has 2 N–H and O–H groups in total. The highest BCUT2D eigenvalue weighted by molar-refractivity contribution is 6.03. The summed E-state index contributed by atoms with van der Waals surface area (Å²) in [6.07, 6.45) is 4.42. The number of hydrogen-bond donors (Lipinski definition) is 2. The van der Waals surface area contributed by atoms with Crippen molar-refractivity contribution in [3.8, 4) is 0 Å². The predicted octanol–water partition coefficient (Wildman–Crippen LogP) is 6.86. The van der Waals surface area contributed by atoms with Gasteiger partial charge in [-0.1, -0.05) is 36.4 Å². The fourth-order valence-corrected chi connectivity index (χ4v) is 4.30. The molecule has 1 aliphatic carbocycles. The van der Waals surface area contributed by atoms with Gasteiger partial charge in [0.25, 0.3) is 0 Å². The summed E-state index contributed by atoms with van der Waals surface area (Å²) in [6, 6.07) is 16.9. The molecule has 0 bridgehead atoms. The monoisotopic (exact) mass is 467 g/mol. The lowest BCUT2D eigenvalue weighted by Crippen LogP contribution is -1.98. The Labute approximate surface area is 199 Å². The number of allylic oxidation sites excluding steroid dienone is 1. The minimum Gasteiger partial charge on any atom is -0.478 e. The molecule has 7 heteroatoms. The van der Waals surface area contributed by atoms with Crippen molar-refractivity contribution in [3.05, 3.63) is 112 Å². The summed E-state index contributed by atoms with van der Waals surface area (Å²) in [5.74, 6) is -1.88. The molecule has 5 nitrogen and oxygen atoms in total. The number of H-pyrrole nitrogens is 1. The molecule has 0 saturated heterocycles. The quantitative estimate of drug-likeness (QED) is 0.185. The normalized spacial score (nSPS) is 14.2. The fraction of sp³-hybridized carbons (Fsp3) is 0.107. The van der Waals surface area contributed by atoms with Gasteiger partial charge in [-0.05, 0) is 82.5 Å². The Morgan fingerprint density at radius 1 is 1.06 bits per heavy atom. The van der Waals surface area contributed by atoms with Crippen LogP contribution < -0.4 is 0 Å². The van der Waals surface area contributed by atoms with Gasteiger partial charge in [-0.2, -0.15) is 9.49 Å². The lowest BCUT2D eigenvalue weighted by Gasteiger charge is -2.19. The van der Waals surface area contributed by atoms with Crippen molar-refractivity contribution >= 4 is 39.8 Å². The van der Waals surface area contributed by atoms with Crippen molar-refractivity contribution in [1.82, 2.24) is 10.2 Å². The van der Waals surface area contributed by atoms with E-state index in [1.807, 2.05) is 18.2 Å². The zero-order valence-corrected chi connectivity index (χ0v) is 18.4. The lowest BCUT2D eigenvalue weighted by atomic mass is 9.86. The number of carboxylic acid groups (broad SMARTS) is 1. The molecular weight excluding hydrogens is 448 g/mol. The Hall–Kier alpha value is -4.57. The molecule has 1 heterocycles. The van der Waals surface area contributed by atoms with Crippen LogP contribution in [-0.2, 0) is 4.79 Å². The van der Waals surface area contributed by atoms with Gasteiger partial charge in [0.2, 0.25) is 5.95 Å². The van der Waals surface area contributed by atoms with E-state index in [1.165, 1.54) is 18.2 Å². The van der Waals surface area contributed by atoms with E-state index in [0.717, 1.165) is 41.2 Å². The second kappa shape index (κ2) is 8.99. The van der Waals surface area contributed by atoms with Crippen molar-refractivity contribution in [3.63, 3.8) is 0 Å². The summed E-state index contributed by atoms with van der Waals surface area (Å²) in [5.41, 5.74) is 5.38. The van der Waals surface area contributed by atoms with Gasteiger partial charge in [-0.25, -0.2) is 14.0 Å². The maximum absolute atomic E-state index is 14.4. The summed E-state index contributed by atoms with van der Waals surface area (Å²) >= 11 is 0. The van der Waals surface area contributed by atoms with Crippen LogP contribution in [0.2, 0.25) is 0 Å². The predicted molar refractivity (Wildman–Crippen MR) is 130 cm³/mol. The number of halogens is 2. The van der Waals surface area contributed by atoms with Gasteiger partial charge in [0.15, 0.2) is 5.69 Å². The Morgan fingerprint density at radius 2 is 1.80 bits per heavy atom. The number of benzene rings is 3. The van der Waals surface area contributed by atoms with Crippen LogP contribution in [0, 0.1) is 24.3 Å². The van der Waals surface area contributed by atoms with E-state index in [2.05, 4.69) is 15.0 Å². The van der Waals surface area contributed by atoms with Gasteiger partial charge in [-0.15, -0.1) is 0 Å². The highest BCUT2D eigenvalue weighted by atomic mass is 19.1. The molecule has 1 saturated carbocycles. The minimum atomic E-state index is -1.04. The zero-order chi connectivity index (χ0) is 24.5. The van der Waals surface area contributed by atoms with E-state index in [4.69, 9.17) is 11.7 Å².